The molecule has 0 unspecified atom stereocenters. The molecular formula is C18H16N4O3S. The molecule has 2 aromatic carbocycles. The number of rotatable bonds is 5. The van der Waals surface area contributed by atoms with E-state index < -0.39 is 0 Å². The van der Waals surface area contributed by atoms with Crippen LogP contribution in [0.3, 0.4) is 0 Å². The number of aromatic hydroxyl groups is 1. The lowest BCUT2D eigenvalue weighted by Crippen LogP contribution is -1.90. The van der Waals surface area contributed by atoms with E-state index in [1.165, 1.54) is 11.3 Å². The Bertz CT molecular complexity index is 1100. The normalized spacial score (nSPS) is 11.6. The second-order valence-electron chi connectivity index (χ2n) is 5.44. The van der Waals surface area contributed by atoms with Crippen molar-refractivity contribution in [2.24, 2.45) is 10.2 Å². The Morgan fingerprint density at radius 2 is 1.88 bits per heavy atom. The summed E-state index contributed by atoms with van der Waals surface area (Å²) < 4.78 is 12.3. The minimum atomic E-state index is 0.0221. The molecule has 26 heavy (non-hydrogen) atoms. The maximum absolute atomic E-state index is 10.5. The van der Waals surface area contributed by atoms with E-state index in [-0.39, 0.29) is 5.88 Å². The van der Waals surface area contributed by atoms with E-state index in [9.17, 15) is 5.11 Å². The third-order valence-electron chi connectivity index (χ3n) is 3.83. The van der Waals surface area contributed by atoms with E-state index in [4.69, 9.17) is 9.47 Å². The van der Waals surface area contributed by atoms with E-state index in [2.05, 4.69) is 15.2 Å². The number of imidazole rings is 1. The Labute approximate surface area is 153 Å². The fourth-order valence-electron chi connectivity index (χ4n) is 2.61. The molecular weight excluding hydrogens is 352 g/mol. The van der Waals surface area contributed by atoms with Crippen molar-refractivity contribution < 1.29 is 14.6 Å². The topological polar surface area (TPSA) is 80.7 Å². The second-order valence-corrected chi connectivity index (χ2v) is 6.40. The van der Waals surface area contributed by atoms with Crippen LogP contribution in [0.4, 0.5) is 10.7 Å². The van der Waals surface area contributed by atoms with Crippen LogP contribution in [0.25, 0.3) is 16.0 Å². The van der Waals surface area contributed by atoms with Crippen LogP contribution in [0.2, 0.25) is 0 Å². The number of benzene rings is 2. The Kier molecular flexibility index (Phi) is 4.18. The number of thiazole rings is 1. The van der Waals surface area contributed by atoms with Crippen LogP contribution < -0.4 is 9.47 Å². The van der Waals surface area contributed by atoms with E-state index in [1.54, 1.807) is 35.8 Å². The van der Waals surface area contributed by atoms with Crippen molar-refractivity contribution in [2.45, 2.75) is 6.92 Å². The van der Waals surface area contributed by atoms with E-state index >= 15 is 0 Å². The number of azo groups is 1. The zero-order valence-corrected chi connectivity index (χ0v) is 15.0. The molecule has 2 heterocycles. The number of methoxy groups -OCH3 is 1. The Morgan fingerprint density at radius 1 is 1.12 bits per heavy atom. The molecule has 0 spiro atoms. The van der Waals surface area contributed by atoms with Crippen LogP contribution in [-0.4, -0.2) is 28.2 Å². The van der Waals surface area contributed by atoms with Crippen LogP contribution >= 0.6 is 11.3 Å². The third-order valence-corrected chi connectivity index (χ3v) is 4.74. The molecule has 0 saturated heterocycles. The minimum Gasteiger partial charge on any atom is -0.497 e. The molecule has 4 aromatic rings. The number of nitrogens with zero attached hydrogens (tertiary/aromatic N) is 4. The molecule has 132 valence electrons. The molecule has 2 aromatic heterocycles. The number of ether oxygens (including phenoxy) is 2. The van der Waals surface area contributed by atoms with Crippen molar-refractivity contribution in [1.82, 2.24) is 9.38 Å². The fraction of sp³-hybridized carbons (Fsp3) is 0.167. The van der Waals surface area contributed by atoms with Crippen LogP contribution in [0, 0.1) is 0 Å². The van der Waals surface area contributed by atoms with Gasteiger partial charge in [0, 0.05) is 6.07 Å². The van der Waals surface area contributed by atoms with Crippen molar-refractivity contribution in [3.05, 3.63) is 42.5 Å². The first-order chi connectivity index (χ1) is 12.7. The summed E-state index contributed by atoms with van der Waals surface area (Å²) in [6, 6.07) is 12.8. The summed E-state index contributed by atoms with van der Waals surface area (Å²) in [6.07, 6.45) is 0. The summed E-state index contributed by atoms with van der Waals surface area (Å²) in [4.78, 5) is 5.19. The highest BCUT2D eigenvalue weighted by atomic mass is 32.1. The van der Waals surface area contributed by atoms with Crippen LogP contribution in [-0.2, 0) is 0 Å². The highest BCUT2D eigenvalue weighted by Crippen LogP contribution is 2.40. The Balaban J connectivity index is 1.69. The lowest BCUT2D eigenvalue weighted by atomic mass is 10.3. The van der Waals surface area contributed by atoms with Gasteiger partial charge in [0.15, 0.2) is 4.96 Å². The largest absolute Gasteiger partial charge is 0.497 e. The lowest BCUT2D eigenvalue weighted by molar-refractivity contribution is 0.340. The zero-order valence-electron chi connectivity index (χ0n) is 14.2. The van der Waals surface area contributed by atoms with Gasteiger partial charge in [0.1, 0.15) is 11.5 Å². The van der Waals surface area contributed by atoms with Gasteiger partial charge in [-0.05, 0) is 43.3 Å². The fourth-order valence-corrected chi connectivity index (χ4v) is 3.47. The first-order valence-electron chi connectivity index (χ1n) is 8.02. The molecule has 0 aliphatic carbocycles. The minimum absolute atomic E-state index is 0.0221. The van der Waals surface area contributed by atoms with Gasteiger partial charge in [-0.3, -0.25) is 4.40 Å². The van der Waals surface area contributed by atoms with E-state index in [1.807, 2.05) is 25.1 Å². The quantitative estimate of drug-likeness (QED) is 0.498. The van der Waals surface area contributed by atoms with Gasteiger partial charge in [-0.1, -0.05) is 11.3 Å². The Morgan fingerprint density at radius 3 is 2.62 bits per heavy atom. The molecule has 0 fully saturated rings. The molecule has 7 nitrogen and oxygen atoms in total. The summed E-state index contributed by atoms with van der Waals surface area (Å²) in [5, 5.41) is 19.3. The van der Waals surface area contributed by atoms with Crippen molar-refractivity contribution in [1.29, 1.82) is 0 Å². The summed E-state index contributed by atoms with van der Waals surface area (Å²) >= 11 is 1.27. The zero-order chi connectivity index (χ0) is 18.1. The average Bonchev–Trinajstić information content (AvgIpc) is 3.16. The molecule has 0 saturated carbocycles. The molecule has 0 aliphatic heterocycles. The molecule has 0 bridgehead atoms. The van der Waals surface area contributed by atoms with Crippen molar-refractivity contribution in [2.75, 3.05) is 13.7 Å². The maximum atomic E-state index is 10.5. The summed E-state index contributed by atoms with van der Waals surface area (Å²) in [7, 11) is 1.61. The predicted molar refractivity (Wildman–Crippen MR) is 101 cm³/mol. The first kappa shape index (κ1) is 16.3. The number of fused-ring (bicyclic) bond motifs is 3. The number of aromatic nitrogens is 2. The first-order valence-corrected chi connectivity index (χ1v) is 8.84. The highest BCUT2D eigenvalue weighted by molar-refractivity contribution is 7.21. The molecule has 1 N–H and O–H groups in total. The van der Waals surface area contributed by atoms with Gasteiger partial charge >= 0.3 is 0 Å². The van der Waals surface area contributed by atoms with Crippen molar-refractivity contribution >= 4 is 38.0 Å². The van der Waals surface area contributed by atoms with Gasteiger partial charge in [-0.2, -0.15) is 0 Å². The van der Waals surface area contributed by atoms with Gasteiger partial charge in [0.25, 0.3) is 0 Å². The molecule has 0 radical (unpaired) electrons. The van der Waals surface area contributed by atoms with Gasteiger partial charge in [-0.15, -0.1) is 10.2 Å². The number of hydrogen-bond acceptors (Lipinski definition) is 7. The predicted octanol–water partition coefficient (Wildman–Crippen LogP) is 5.08. The molecule has 0 aliphatic rings. The van der Waals surface area contributed by atoms with E-state index in [0.29, 0.717) is 22.3 Å². The van der Waals surface area contributed by atoms with Crippen LogP contribution in [0.1, 0.15) is 6.92 Å². The standard InChI is InChI=1S/C18H16N4O3S/c1-3-25-13-8-9-15-14(10-13)19-18-22(15)17(23)16(26-18)21-20-11-4-6-12(24-2)7-5-11/h4-10,23H,3H2,1-2H3. The second kappa shape index (κ2) is 6.64. The van der Waals surface area contributed by atoms with Gasteiger partial charge < -0.3 is 14.6 Å². The Hall–Kier alpha value is -3.13. The molecule has 0 atom stereocenters. The summed E-state index contributed by atoms with van der Waals surface area (Å²) in [5.41, 5.74) is 2.22. The molecule has 8 heteroatoms. The maximum Gasteiger partial charge on any atom is 0.237 e. The summed E-state index contributed by atoms with van der Waals surface area (Å²) in [6.45, 7) is 2.52. The van der Waals surface area contributed by atoms with Crippen LogP contribution in [0.5, 0.6) is 17.4 Å². The highest BCUT2D eigenvalue weighted by Gasteiger charge is 2.16. The smallest absolute Gasteiger partial charge is 0.237 e. The average molecular weight is 368 g/mol. The van der Waals surface area contributed by atoms with Gasteiger partial charge in [-0.25, -0.2) is 4.98 Å². The van der Waals surface area contributed by atoms with Gasteiger partial charge in [0.05, 0.1) is 30.4 Å². The van der Waals surface area contributed by atoms with Crippen molar-refractivity contribution in [3.63, 3.8) is 0 Å². The molecule has 4 rings (SSSR count). The third kappa shape index (κ3) is 2.84. The lowest BCUT2D eigenvalue weighted by Gasteiger charge is -2.01. The number of hydrogen-bond donors (Lipinski definition) is 1. The van der Waals surface area contributed by atoms with Gasteiger partial charge in [0.2, 0.25) is 10.9 Å². The van der Waals surface area contributed by atoms with Crippen molar-refractivity contribution in [3.8, 4) is 17.4 Å². The SMILES string of the molecule is CCOc1ccc2c(c1)nc1sc(N=Nc3ccc(OC)cc3)c(O)n12. The van der Waals surface area contributed by atoms with E-state index in [0.717, 1.165) is 22.5 Å². The molecule has 0 amide bonds. The summed E-state index contributed by atoms with van der Waals surface area (Å²) in [5.74, 6) is 1.53. The van der Waals surface area contributed by atoms with Crippen LogP contribution in [0.15, 0.2) is 52.7 Å². The monoisotopic (exact) mass is 368 g/mol.